The van der Waals surface area contributed by atoms with Crippen LogP contribution in [0.4, 0.5) is 0 Å². The first-order chi connectivity index (χ1) is 7.74. The molecule has 0 aromatic carbocycles. The van der Waals surface area contributed by atoms with E-state index < -0.39 is 0 Å². The monoisotopic (exact) mass is 237 g/mol. The van der Waals surface area contributed by atoms with E-state index in [1.54, 1.807) is 6.20 Å². The zero-order valence-corrected chi connectivity index (χ0v) is 10.1. The van der Waals surface area contributed by atoms with E-state index in [0.29, 0.717) is 10.3 Å². The molecule has 2 N–H and O–H groups in total. The topological polar surface area (TPSA) is 53.6 Å². The van der Waals surface area contributed by atoms with Crippen molar-refractivity contribution in [2.75, 3.05) is 0 Å². The molecule has 86 valence electrons. The average molecular weight is 237 g/mol. The molecular formula is C11H15N3OS. The van der Waals surface area contributed by atoms with Gasteiger partial charge in [0.15, 0.2) is 4.77 Å². The van der Waals surface area contributed by atoms with Crippen molar-refractivity contribution in [3.63, 3.8) is 0 Å². The number of hydrogen-bond donors (Lipinski definition) is 2. The molecule has 0 atom stereocenters. The lowest BCUT2D eigenvalue weighted by Crippen LogP contribution is -2.14. The molecule has 0 aliphatic carbocycles. The lowest BCUT2D eigenvalue weighted by molar-refractivity contribution is 0.601. The summed E-state index contributed by atoms with van der Waals surface area (Å²) < 4.78 is 2.49. The maximum absolute atomic E-state index is 11.6. The molecule has 0 aliphatic heterocycles. The van der Waals surface area contributed by atoms with E-state index in [2.05, 4.69) is 16.9 Å². The van der Waals surface area contributed by atoms with Crippen LogP contribution in [-0.2, 0) is 6.54 Å². The second kappa shape index (κ2) is 4.65. The van der Waals surface area contributed by atoms with Gasteiger partial charge in [-0.1, -0.05) is 19.8 Å². The van der Waals surface area contributed by atoms with Gasteiger partial charge in [0.1, 0.15) is 5.52 Å². The minimum atomic E-state index is -0.142. The molecule has 4 nitrogen and oxygen atoms in total. The minimum absolute atomic E-state index is 0.142. The molecule has 5 heteroatoms. The third-order valence-electron chi connectivity index (χ3n) is 2.69. The number of hydrogen-bond acceptors (Lipinski definition) is 2. The highest BCUT2D eigenvalue weighted by molar-refractivity contribution is 7.71. The van der Waals surface area contributed by atoms with Crippen LogP contribution in [0.1, 0.15) is 26.2 Å². The molecule has 0 saturated carbocycles. The fourth-order valence-electron chi connectivity index (χ4n) is 1.85. The average Bonchev–Trinajstić information content (AvgIpc) is 2.72. The van der Waals surface area contributed by atoms with Crippen LogP contribution in [0.5, 0.6) is 0 Å². The summed E-state index contributed by atoms with van der Waals surface area (Å²) in [6, 6.07) is 1.90. The van der Waals surface area contributed by atoms with E-state index in [0.717, 1.165) is 18.5 Å². The third kappa shape index (κ3) is 1.95. The van der Waals surface area contributed by atoms with Crippen molar-refractivity contribution in [1.82, 2.24) is 14.5 Å². The van der Waals surface area contributed by atoms with Gasteiger partial charge in [-0.05, 0) is 24.7 Å². The molecule has 2 aromatic rings. The molecule has 0 fully saturated rings. The largest absolute Gasteiger partial charge is 0.355 e. The van der Waals surface area contributed by atoms with Crippen LogP contribution in [0, 0.1) is 4.77 Å². The predicted octanol–water partition coefficient (Wildman–Crippen LogP) is 2.58. The maximum atomic E-state index is 11.6. The Labute approximate surface area is 98.3 Å². The number of aromatic amines is 2. The Balaban J connectivity index is 2.47. The fraction of sp³-hybridized carbons (Fsp3) is 0.455. The third-order valence-corrected chi connectivity index (χ3v) is 3.02. The van der Waals surface area contributed by atoms with E-state index >= 15 is 0 Å². The Morgan fingerprint density at radius 2 is 2.25 bits per heavy atom. The number of H-pyrrole nitrogens is 2. The van der Waals surface area contributed by atoms with Gasteiger partial charge in [0.25, 0.3) is 5.56 Å². The lowest BCUT2D eigenvalue weighted by atomic mass is 10.2. The summed E-state index contributed by atoms with van der Waals surface area (Å²) in [5.41, 5.74) is 1.35. The number of nitrogens with zero attached hydrogens (tertiary/aromatic N) is 1. The molecule has 0 spiro atoms. The van der Waals surface area contributed by atoms with Crippen LogP contribution >= 0.6 is 12.2 Å². The summed E-state index contributed by atoms with van der Waals surface area (Å²) in [5, 5.41) is 0. The van der Waals surface area contributed by atoms with E-state index in [-0.39, 0.29) is 5.56 Å². The van der Waals surface area contributed by atoms with Gasteiger partial charge < -0.3 is 9.55 Å². The van der Waals surface area contributed by atoms with Crippen LogP contribution in [0.15, 0.2) is 17.1 Å². The van der Waals surface area contributed by atoms with Crippen molar-refractivity contribution in [3.8, 4) is 0 Å². The highest BCUT2D eigenvalue weighted by atomic mass is 32.1. The summed E-state index contributed by atoms with van der Waals surface area (Å²) in [7, 11) is 0. The first-order valence-corrected chi connectivity index (χ1v) is 5.95. The molecule has 2 rings (SSSR count). The van der Waals surface area contributed by atoms with Crippen molar-refractivity contribution in [1.29, 1.82) is 0 Å². The molecule has 0 bridgehead atoms. The SMILES string of the molecule is CCCCCn1c(=S)[nH]c(=O)c2[nH]ccc21. The van der Waals surface area contributed by atoms with Gasteiger partial charge in [0.2, 0.25) is 0 Å². The summed E-state index contributed by atoms with van der Waals surface area (Å²) in [4.78, 5) is 17.2. The van der Waals surface area contributed by atoms with Gasteiger partial charge in [0.05, 0.1) is 5.52 Å². The Bertz CT molecular complexity index is 593. The van der Waals surface area contributed by atoms with Gasteiger partial charge in [-0.15, -0.1) is 0 Å². The van der Waals surface area contributed by atoms with Crippen LogP contribution in [-0.4, -0.2) is 14.5 Å². The molecule has 0 unspecified atom stereocenters. The van der Waals surface area contributed by atoms with Gasteiger partial charge in [-0.3, -0.25) is 9.78 Å². The second-order valence-corrected chi connectivity index (χ2v) is 4.24. The number of aryl methyl sites for hydroxylation is 1. The van der Waals surface area contributed by atoms with Crippen molar-refractivity contribution in [2.24, 2.45) is 0 Å². The normalized spacial score (nSPS) is 11.1. The van der Waals surface area contributed by atoms with Gasteiger partial charge in [-0.25, -0.2) is 0 Å². The number of nitrogens with one attached hydrogen (secondary N) is 2. The second-order valence-electron chi connectivity index (χ2n) is 3.86. The van der Waals surface area contributed by atoms with Gasteiger partial charge in [-0.2, -0.15) is 0 Å². The predicted molar refractivity (Wildman–Crippen MR) is 67.3 cm³/mol. The first-order valence-electron chi connectivity index (χ1n) is 5.54. The fourth-order valence-corrected chi connectivity index (χ4v) is 2.13. The Morgan fingerprint density at radius 3 is 3.00 bits per heavy atom. The first kappa shape index (κ1) is 11.1. The van der Waals surface area contributed by atoms with Gasteiger partial charge >= 0.3 is 0 Å². The highest BCUT2D eigenvalue weighted by Gasteiger charge is 2.05. The van der Waals surface area contributed by atoms with E-state index in [1.165, 1.54) is 12.8 Å². The molecule has 0 saturated heterocycles. The standard InChI is InChI=1S/C11H15N3OS/c1-2-3-4-7-14-8-5-6-12-9(8)10(15)13-11(14)16/h5-6,12H,2-4,7H2,1H3,(H,13,15,16). The highest BCUT2D eigenvalue weighted by Crippen LogP contribution is 2.09. The van der Waals surface area contributed by atoms with Crippen molar-refractivity contribution < 1.29 is 0 Å². The van der Waals surface area contributed by atoms with E-state index in [9.17, 15) is 4.79 Å². The summed E-state index contributed by atoms with van der Waals surface area (Å²) >= 11 is 5.18. The lowest BCUT2D eigenvalue weighted by Gasteiger charge is -2.07. The molecule has 0 amide bonds. The zero-order chi connectivity index (χ0) is 11.5. The van der Waals surface area contributed by atoms with Crippen LogP contribution in [0.3, 0.4) is 0 Å². The summed E-state index contributed by atoms with van der Waals surface area (Å²) in [5.74, 6) is 0. The smallest absolute Gasteiger partial charge is 0.276 e. The Hall–Kier alpha value is -1.36. The van der Waals surface area contributed by atoms with Crippen molar-refractivity contribution in [2.45, 2.75) is 32.7 Å². The Morgan fingerprint density at radius 1 is 1.44 bits per heavy atom. The molecular weight excluding hydrogens is 222 g/mol. The van der Waals surface area contributed by atoms with Crippen LogP contribution < -0.4 is 5.56 Å². The zero-order valence-electron chi connectivity index (χ0n) is 9.25. The number of fused-ring (bicyclic) bond motifs is 1. The summed E-state index contributed by atoms with van der Waals surface area (Å²) in [6.45, 7) is 3.02. The van der Waals surface area contributed by atoms with E-state index in [4.69, 9.17) is 12.2 Å². The number of rotatable bonds is 4. The molecule has 2 aromatic heterocycles. The quantitative estimate of drug-likeness (QED) is 0.634. The van der Waals surface area contributed by atoms with Gasteiger partial charge in [0, 0.05) is 12.7 Å². The number of unbranched alkanes of at least 4 members (excludes halogenated alkanes) is 2. The van der Waals surface area contributed by atoms with Crippen LogP contribution in [0.2, 0.25) is 0 Å². The molecule has 0 aliphatic rings. The molecule has 16 heavy (non-hydrogen) atoms. The van der Waals surface area contributed by atoms with E-state index in [1.807, 2.05) is 10.6 Å². The maximum Gasteiger partial charge on any atom is 0.276 e. The Kier molecular flexibility index (Phi) is 3.24. The van der Waals surface area contributed by atoms with Crippen molar-refractivity contribution in [3.05, 3.63) is 27.4 Å². The minimum Gasteiger partial charge on any atom is -0.355 e. The molecule has 2 heterocycles. The number of aromatic nitrogens is 3. The molecule has 0 radical (unpaired) electrons. The summed E-state index contributed by atoms with van der Waals surface area (Å²) in [6.07, 6.45) is 5.20. The van der Waals surface area contributed by atoms with Crippen LogP contribution in [0.25, 0.3) is 11.0 Å². The van der Waals surface area contributed by atoms with Crippen molar-refractivity contribution >= 4 is 23.3 Å².